The summed E-state index contributed by atoms with van der Waals surface area (Å²) in [6.45, 7) is 9.80. The molecule has 2 rings (SSSR count). The minimum atomic E-state index is -0.442. The van der Waals surface area contributed by atoms with Crippen molar-refractivity contribution in [3.8, 4) is 0 Å². The van der Waals surface area contributed by atoms with Crippen LogP contribution in [0.25, 0.3) is 0 Å². The molecule has 1 amide bonds. The zero-order valence-electron chi connectivity index (χ0n) is 13.4. The number of aryl methyl sites for hydroxylation is 1. The predicted octanol–water partition coefficient (Wildman–Crippen LogP) is 3.08. The molecule has 0 bridgehead atoms. The first kappa shape index (κ1) is 15.9. The van der Waals surface area contributed by atoms with E-state index in [1.165, 1.54) is 0 Å². The molecule has 5 heteroatoms. The van der Waals surface area contributed by atoms with Gasteiger partial charge in [0.2, 0.25) is 0 Å². The standard InChI is InChI=1S/C16H26N2O3/c1-12-7-10-20-14(12)11-17-8-9-18(13-5-6-13)15(19)21-16(2,3)4/h7,10,13,17H,5-6,8-9,11H2,1-4H3. The van der Waals surface area contributed by atoms with Crippen molar-refractivity contribution in [1.82, 2.24) is 10.2 Å². The van der Waals surface area contributed by atoms with Gasteiger partial charge in [-0.1, -0.05) is 0 Å². The Labute approximate surface area is 126 Å². The van der Waals surface area contributed by atoms with Crippen molar-refractivity contribution in [2.45, 2.75) is 58.7 Å². The summed E-state index contributed by atoms with van der Waals surface area (Å²) in [4.78, 5) is 14.0. The van der Waals surface area contributed by atoms with Crippen LogP contribution in [-0.2, 0) is 11.3 Å². The first-order valence-corrected chi connectivity index (χ1v) is 7.60. The average Bonchev–Trinajstić information content (AvgIpc) is 3.11. The molecule has 1 aliphatic rings. The van der Waals surface area contributed by atoms with E-state index < -0.39 is 5.60 Å². The van der Waals surface area contributed by atoms with Gasteiger partial charge in [-0.3, -0.25) is 0 Å². The molecule has 0 aromatic carbocycles. The van der Waals surface area contributed by atoms with Crippen LogP contribution in [0.5, 0.6) is 0 Å². The Bertz CT molecular complexity index is 472. The van der Waals surface area contributed by atoms with E-state index in [0.717, 1.165) is 30.7 Å². The molecular weight excluding hydrogens is 268 g/mol. The van der Waals surface area contributed by atoms with Crippen LogP contribution in [0.15, 0.2) is 16.7 Å². The van der Waals surface area contributed by atoms with Gasteiger partial charge in [-0.15, -0.1) is 0 Å². The molecule has 0 radical (unpaired) electrons. The Balaban J connectivity index is 1.76. The molecule has 1 N–H and O–H groups in total. The molecule has 0 unspecified atom stereocenters. The van der Waals surface area contributed by atoms with Crippen LogP contribution in [-0.4, -0.2) is 35.7 Å². The number of rotatable bonds is 6. The van der Waals surface area contributed by atoms with Crippen LogP contribution >= 0.6 is 0 Å². The number of hydrogen-bond donors (Lipinski definition) is 1. The molecular formula is C16H26N2O3. The number of carbonyl (C=O) groups excluding carboxylic acids is 1. The van der Waals surface area contributed by atoms with Crippen molar-refractivity contribution in [1.29, 1.82) is 0 Å². The van der Waals surface area contributed by atoms with Crippen molar-refractivity contribution >= 4 is 6.09 Å². The van der Waals surface area contributed by atoms with E-state index in [1.54, 1.807) is 6.26 Å². The van der Waals surface area contributed by atoms with Gasteiger partial charge in [-0.2, -0.15) is 0 Å². The molecule has 118 valence electrons. The van der Waals surface area contributed by atoms with E-state index in [1.807, 2.05) is 38.7 Å². The summed E-state index contributed by atoms with van der Waals surface area (Å²) < 4.78 is 10.8. The summed E-state index contributed by atoms with van der Waals surface area (Å²) in [5, 5.41) is 3.32. The van der Waals surface area contributed by atoms with E-state index in [2.05, 4.69) is 5.32 Å². The Morgan fingerprint density at radius 2 is 2.19 bits per heavy atom. The monoisotopic (exact) mass is 294 g/mol. The lowest BCUT2D eigenvalue weighted by Gasteiger charge is -2.27. The zero-order valence-corrected chi connectivity index (χ0v) is 13.4. The van der Waals surface area contributed by atoms with Crippen LogP contribution in [0, 0.1) is 6.92 Å². The van der Waals surface area contributed by atoms with Crippen molar-refractivity contribution in [2.24, 2.45) is 0 Å². The average molecular weight is 294 g/mol. The number of carbonyl (C=O) groups is 1. The first-order valence-electron chi connectivity index (χ1n) is 7.60. The van der Waals surface area contributed by atoms with Crippen molar-refractivity contribution in [3.05, 3.63) is 23.7 Å². The second-order valence-electron chi connectivity index (χ2n) is 6.61. The number of furan rings is 1. The van der Waals surface area contributed by atoms with E-state index in [4.69, 9.17) is 9.15 Å². The van der Waals surface area contributed by atoms with Crippen LogP contribution in [0.4, 0.5) is 4.79 Å². The maximum atomic E-state index is 12.2. The zero-order chi connectivity index (χ0) is 15.5. The number of hydrogen-bond acceptors (Lipinski definition) is 4. The van der Waals surface area contributed by atoms with Gasteiger partial charge in [0.05, 0.1) is 12.8 Å². The van der Waals surface area contributed by atoms with E-state index >= 15 is 0 Å². The highest BCUT2D eigenvalue weighted by molar-refractivity contribution is 5.69. The lowest BCUT2D eigenvalue weighted by atomic mass is 10.2. The van der Waals surface area contributed by atoms with Gasteiger partial charge in [0.15, 0.2) is 0 Å². The summed E-state index contributed by atoms with van der Waals surface area (Å²) in [5.41, 5.74) is 0.705. The largest absolute Gasteiger partial charge is 0.468 e. The normalized spacial score (nSPS) is 15.0. The van der Waals surface area contributed by atoms with Crippen LogP contribution in [0.3, 0.4) is 0 Å². The molecule has 1 fully saturated rings. The first-order chi connectivity index (χ1) is 9.87. The van der Waals surface area contributed by atoms with E-state index in [-0.39, 0.29) is 6.09 Å². The summed E-state index contributed by atoms with van der Waals surface area (Å²) in [6, 6.07) is 2.31. The molecule has 0 spiro atoms. The third kappa shape index (κ3) is 5.08. The number of nitrogens with zero attached hydrogens (tertiary/aromatic N) is 1. The summed E-state index contributed by atoms with van der Waals surface area (Å²) >= 11 is 0. The fraction of sp³-hybridized carbons (Fsp3) is 0.688. The molecule has 5 nitrogen and oxygen atoms in total. The SMILES string of the molecule is Cc1ccoc1CNCCN(C(=O)OC(C)(C)C)C1CC1. The fourth-order valence-electron chi connectivity index (χ4n) is 2.12. The molecule has 21 heavy (non-hydrogen) atoms. The number of amides is 1. The maximum Gasteiger partial charge on any atom is 0.410 e. The van der Waals surface area contributed by atoms with Gasteiger partial charge in [0.1, 0.15) is 11.4 Å². The third-order valence-corrected chi connectivity index (χ3v) is 3.40. The van der Waals surface area contributed by atoms with E-state index in [9.17, 15) is 4.79 Å². The third-order valence-electron chi connectivity index (χ3n) is 3.40. The Hall–Kier alpha value is -1.49. The Morgan fingerprint density at radius 1 is 1.48 bits per heavy atom. The molecule has 1 saturated carbocycles. The molecule has 1 aliphatic carbocycles. The highest BCUT2D eigenvalue weighted by atomic mass is 16.6. The number of ether oxygens (including phenoxy) is 1. The van der Waals surface area contributed by atoms with Gasteiger partial charge < -0.3 is 19.4 Å². The minimum absolute atomic E-state index is 0.207. The van der Waals surface area contributed by atoms with Crippen molar-refractivity contribution in [3.63, 3.8) is 0 Å². The van der Waals surface area contributed by atoms with Gasteiger partial charge in [-0.05, 0) is 52.2 Å². The molecule has 1 aromatic heterocycles. The Kier molecular flexibility index (Phi) is 4.93. The minimum Gasteiger partial charge on any atom is -0.468 e. The van der Waals surface area contributed by atoms with Gasteiger partial charge in [0.25, 0.3) is 0 Å². The lowest BCUT2D eigenvalue weighted by molar-refractivity contribution is 0.0236. The van der Waals surface area contributed by atoms with Crippen LogP contribution in [0.1, 0.15) is 44.9 Å². The van der Waals surface area contributed by atoms with E-state index in [0.29, 0.717) is 19.1 Å². The summed E-state index contributed by atoms with van der Waals surface area (Å²) in [5.74, 6) is 0.949. The smallest absolute Gasteiger partial charge is 0.410 e. The van der Waals surface area contributed by atoms with Gasteiger partial charge in [0, 0.05) is 19.1 Å². The molecule has 0 aliphatic heterocycles. The van der Waals surface area contributed by atoms with Crippen molar-refractivity contribution < 1.29 is 13.9 Å². The quantitative estimate of drug-likeness (QED) is 0.819. The maximum absolute atomic E-state index is 12.2. The predicted molar refractivity (Wildman–Crippen MR) is 81.1 cm³/mol. The number of nitrogens with one attached hydrogen (secondary N) is 1. The van der Waals surface area contributed by atoms with Gasteiger partial charge in [-0.25, -0.2) is 4.79 Å². The highest BCUT2D eigenvalue weighted by Gasteiger charge is 2.34. The summed E-state index contributed by atoms with van der Waals surface area (Å²) in [6.07, 6.45) is 3.65. The van der Waals surface area contributed by atoms with Crippen LogP contribution in [0.2, 0.25) is 0 Å². The molecule has 0 saturated heterocycles. The lowest BCUT2D eigenvalue weighted by Crippen LogP contribution is -2.41. The highest BCUT2D eigenvalue weighted by Crippen LogP contribution is 2.28. The van der Waals surface area contributed by atoms with Gasteiger partial charge >= 0.3 is 6.09 Å². The summed E-state index contributed by atoms with van der Waals surface area (Å²) in [7, 11) is 0. The molecule has 1 aromatic rings. The Morgan fingerprint density at radius 3 is 2.71 bits per heavy atom. The molecule has 0 atom stereocenters. The second kappa shape index (κ2) is 6.52. The molecule has 1 heterocycles. The topological polar surface area (TPSA) is 54.7 Å². The second-order valence-corrected chi connectivity index (χ2v) is 6.61. The fourth-order valence-corrected chi connectivity index (χ4v) is 2.12. The van der Waals surface area contributed by atoms with Crippen LogP contribution < -0.4 is 5.32 Å². The van der Waals surface area contributed by atoms with Crippen molar-refractivity contribution in [2.75, 3.05) is 13.1 Å².